The third-order valence-corrected chi connectivity index (χ3v) is 2.28. The van der Waals surface area contributed by atoms with Gasteiger partial charge >= 0.3 is 0 Å². The van der Waals surface area contributed by atoms with Gasteiger partial charge in [-0.3, -0.25) is 9.48 Å². The highest BCUT2D eigenvalue weighted by Gasteiger charge is 2.06. The molecule has 0 aliphatic rings. The molecule has 2 N–H and O–H groups in total. The van der Waals surface area contributed by atoms with Crippen molar-refractivity contribution in [2.24, 2.45) is 7.05 Å². The minimum Gasteiger partial charge on any atom is -0.396 e. The minimum absolute atomic E-state index is 0.0436. The lowest BCUT2D eigenvalue weighted by Gasteiger charge is -2.15. The Morgan fingerprint density at radius 2 is 2.40 bits per heavy atom. The average Bonchev–Trinajstić information content (AvgIpc) is 2.14. The molecule has 0 fully saturated rings. The molecule has 1 heterocycles. The highest BCUT2D eigenvalue weighted by Crippen LogP contribution is 2.07. The third kappa shape index (κ3) is 3.21. The van der Waals surface area contributed by atoms with Gasteiger partial charge in [0.2, 0.25) is 5.43 Å². The zero-order valence-electron chi connectivity index (χ0n) is 8.70. The summed E-state index contributed by atoms with van der Waals surface area (Å²) in [5.41, 5.74) is -0.312. The Balaban J connectivity index is 2.86. The summed E-state index contributed by atoms with van der Waals surface area (Å²) in [6.45, 7) is 2.01. The Hall–Kier alpha value is -1.07. The maximum atomic E-state index is 11.2. The van der Waals surface area contributed by atoms with Crippen molar-refractivity contribution in [3.05, 3.63) is 21.4 Å². The average molecular weight is 232 g/mol. The van der Waals surface area contributed by atoms with Crippen LogP contribution in [0.25, 0.3) is 0 Å². The van der Waals surface area contributed by atoms with Gasteiger partial charge in [0, 0.05) is 25.8 Å². The van der Waals surface area contributed by atoms with Gasteiger partial charge in [-0.2, -0.15) is 5.10 Å². The van der Waals surface area contributed by atoms with E-state index in [1.165, 1.54) is 10.7 Å². The number of nitrogens with one attached hydrogen (secondary N) is 1. The summed E-state index contributed by atoms with van der Waals surface area (Å²) >= 11 is 5.57. The molecule has 0 spiro atoms. The van der Waals surface area contributed by atoms with Crippen LogP contribution in [0.5, 0.6) is 0 Å². The van der Waals surface area contributed by atoms with Crippen molar-refractivity contribution >= 4 is 17.4 Å². The maximum absolute atomic E-state index is 11.2. The van der Waals surface area contributed by atoms with Crippen molar-refractivity contribution in [2.45, 2.75) is 19.4 Å². The van der Waals surface area contributed by atoms with Gasteiger partial charge in [-0.05, 0) is 13.3 Å². The largest absolute Gasteiger partial charge is 0.396 e. The smallest absolute Gasteiger partial charge is 0.221 e. The first-order valence-corrected chi connectivity index (χ1v) is 5.03. The topological polar surface area (TPSA) is 67.2 Å². The fourth-order valence-electron chi connectivity index (χ4n) is 1.17. The van der Waals surface area contributed by atoms with Gasteiger partial charge in [-0.1, -0.05) is 11.6 Å². The quantitative estimate of drug-likeness (QED) is 0.797. The van der Waals surface area contributed by atoms with Crippen LogP contribution in [0.4, 0.5) is 5.82 Å². The van der Waals surface area contributed by atoms with Gasteiger partial charge < -0.3 is 10.4 Å². The molecule has 0 saturated heterocycles. The lowest BCUT2D eigenvalue weighted by Crippen LogP contribution is -2.22. The number of hydrogen-bond donors (Lipinski definition) is 2. The van der Waals surface area contributed by atoms with Crippen LogP contribution >= 0.6 is 11.6 Å². The first-order chi connectivity index (χ1) is 7.04. The van der Waals surface area contributed by atoms with Gasteiger partial charge in [0.25, 0.3) is 0 Å². The van der Waals surface area contributed by atoms with Crippen LogP contribution in [0.1, 0.15) is 13.3 Å². The first-order valence-electron chi connectivity index (χ1n) is 4.66. The van der Waals surface area contributed by atoms with Gasteiger partial charge in [0.1, 0.15) is 5.82 Å². The molecule has 1 aromatic heterocycles. The molecule has 0 bridgehead atoms. The third-order valence-electron chi connectivity index (χ3n) is 2.01. The first kappa shape index (κ1) is 12.0. The van der Waals surface area contributed by atoms with Crippen molar-refractivity contribution in [1.29, 1.82) is 0 Å². The van der Waals surface area contributed by atoms with E-state index < -0.39 is 0 Å². The van der Waals surface area contributed by atoms with E-state index in [0.717, 1.165) is 0 Å². The van der Waals surface area contributed by atoms with Crippen LogP contribution in [-0.2, 0) is 7.05 Å². The van der Waals surface area contributed by atoms with Crippen LogP contribution in [0.3, 0.4) is 0 Å². The van der Waals surface area contributed by atoms with Crippen molar-refractivity contribution in [3.63, 3.8) is 0 Å². The van der Waals surface area contributed by atoms with Crippen LogP contribution < -0.4 is 10.7 Å². The van der Waals surface area contributed by atoms with Gasteiger partial charge in [0.15, 0.2) is 5.15 Å². The Morgan fingerprint density at radius 1 is 1.73 bits per heavy atom. The monoisotopic (exact) mass is 231 g/mol. The second-order valence-electron chi connectivity index (χ2n) is 3.37. The molecule has 1 atom stereocenters. The van der Waals surface area contributed by atoms with E-state index in [2.05, 4.69) is 10.4 Å². The predicted molar refractivity (Wildman–Crippen MR) is 59.3 cm³/mol. The number of aliphatic hydroxyl groups excluding tert-OH is 1. The molecule has 0 aliphatic carbocycles. The van der Waals surface area contributed by atoms with Gasteiger partial charge in [-0.25, -0.2) is 0 Å². The number of aromatic nitrogens is 2. The number of aryl methyl sites for hydroxylation is 1. The zero-order valence-corrected chi connectivity index (χ0v) is 9.45. The van der Waals surface area contributed by atoms with Gasteiger partial charge in [-0.15, -0.1) is 0 Å². The lowest BCUT2D eigenvalue weighted by molar-refractivity contribution is 0.282. The predicted octanol–water partition coefficient (Wildman–Crippen LogP) is 0.616. The van der Waals surface area contributed by atoms with E-state index in [-0.39, 0.29) is 23.2 Å². The van der Waals surface area contributed by atoms with E-state index in [4.69, 9.17) is 16.7 Å². The fraction of sp³-hybridized carbons (Fsp3) is 0.556. The summed E-state index contributed by atoms with van der Waals surface area (Å²) < 4.78 is 1.50. The van der Waals surface area contributed by atoms with Crippen LogP contribution in [0.2, 0.25) is 5.15 Å². The van der Waals surface area contributed by atoms with Gasteiger partial charge in [0.05, 0.1) is 0 Å². The van der Waals surface area contributed by atoms with Crippen molar-refractivity contribution < 1.29 is 5.11 Å². The maximum Gasteiger partial charge on any atom is 0.221 e. The van der Waals surface area contributed by atoms with E-state index in [1.807, 2.05) is 6.92 Å². The summed E-state index contributed by atoms with van der Waals surface area (Å²) in [5.74, 6) is 0.588. The summed E-state index contributed by atoms with van der Waals surface area (Å²) in [7, 11) is 1.69. The molecule has 5 nitrogen and oxygen atoms in total. The van der Waals surface area contributed by atoms with E-state index in [0.29, 0.717) is 12.2 Å². The molecular formula is C9H14ClN3O2. The van der Waals surface area contributed by atoms with E-state index >= 15 is 0 Å². The molecule has 0 amide bonds. The molecule has 6 heteroatoms. The minimum atomic E-state index is -0.312. The summed E-state index contributed by atoms with van der Waals surface area (Å²) in [6, 6.07) is 1.46. The molecule has 0 aliphatic heterocycles. The fourth-order valence-corrected chi connectivity index (χ4v) is 1.33. The molecule has 1 aromatic rings. The van der Waals surface area contributed by atoms with E-state index in [9.17, 15) is 4.79 Å². The normalized spacial score (nSPS) is 12.5. The molecule has 0 saturated carbocycles. The SMILES string of the molecule is CC(CCO)Nc1cc(=O)c(Cl)nn1C. The van der Waals surface area contributed by atoms with E-state index in [1.54, 1.807) is 7.05 Å². The Kier molecular flexibility index (Phi) is 4.11. The van der Waals surface area contributed by atoms with Crippen molar-refractivity contribution in [3.8, 4) is 0 Å². The number of halogens is 1. The van der Waals surface area contributed by atoms with Crippen LogP contribution in [0, 0.1) is 0 Å². The summed E-state index contributed by atoms with van der Waals surface area (Å²) in [4.78, 5) is 11.2. The van der Waals surface area contributed by atoms with Crippen LogP contribution in [-0.4, -0.2) is 27.5 Å². The standard InChI is InChI=1S/C9H14ClN3O2/c1-6(3-4-14)11-8-5-7(15)9(10)12-13(8)2/h5-6,11,14H,3-4H2,1-2H3. The Labute approximate surface area is 92.7 Å². The highest BCUT2D eigenvalue weighted by molar-refractivity contribution is 6.29. The summed E-state index contributed by atoms with van der Waals surface area (Å²) in [5, 5.41) is 15.6. The molecule has 0 radical (unpaired) electrons. The second kappa shape index (κ2) is 5.14. The molecular weight excluding hydrogens is 218 g/mol. The number of rotatable bonds is 4. The number of aliphatic hydroxyl groups is 1. The molecule has 1 unspecified atom stereocenters. The Bertz CT molecular complexity index is 391. The summed E-state index contributed by atoms with van der Waals surface area (Å²) in [6.07, 6.45) is 0.608. The Morgan fingerprint density at radius 3 is 3.00 bits per heavy atom. The van der Waals surface area contributed by atoms with Crippen LogP contribution in [0.15, 0.2) is 10.9 Å². The number of hydrogen-bond acceptors (Lipinski definition) is 4. The molecule has 84 valence electrons. The number of nitrogens with zero attached hydrogens (tertiary/aromatic N) is 2. The molecule has 15 heavy (non-hydrogen) atoms. The lowest BCUT2D eigenvalue weighted by atomic mass is 10.2. The molecule has 0 aromatic carbocycles. The van der Waals surface area contributed by atoms with Crippen molar-refractivity contribution in [2.75, 3.05) is 11.9 Å². The van der Waals surface area contributed by atoms with Crippen molar-refractivity contribution in [1.82, 2.24) is 9.78 Å². The number of anilines is 1. The molecule has 1 rings (SSSR count). The zero-order chi connectivity index (χ0) is 11.4. The highest BCUT2D eigenvalue weighted by atomic mass is 35.5. The second-order valence-corrected chi connectivity index (χ2v) is 3.72.